The van der Waals surface area contributed by atoms with Crippen molar-refractivity contribution in [3.8, 4) is 5.88 Å². The Balaban J connectivity index is 2.08. The van der Waals surface area contributed by atoms with E-state index in [1.807, 2.05) is 0 Å². The number of amides is 2. The van der Waals surface area contributed by atoms with Crippen molar-refractivity contribution < 1.29 is 23.8 Å². The average molecular weight is 345 g/mol. The number of ether oxygens (including phenoxy) is 1. The van der Waals surface area contributed by atoms with Crippen molar-refractivity contribution in [1.29, 1.82) is 0 Å². The maximum absolute atomic E-state index is 13.1. The number of benzene rings is 1. The minimum absolute atomic E-state index is 0.00275. The summed E-state index contributed by atoms with van der Waals surface area (Å²) in [6.45, 7) is 1.83. The fraction of sp³-hybridized carbons (Fsp3) is 0.235. The summed E-state index contributed by atoms with van der Waals surface area (Å²) < 4.78 is 18.5. The second kappa shape index (κ2) is 6.39. The monoisotopic (exact) mass is 345 g/mol. The lowest BCUT2D eigenvalue weighted by Gasteiger charge is -2.32. The van der Waals surface area contributed by atoms with Crippen LogP contribution in [0.3, 0.4) is 0 Å². The molecule has 25 heavy (non-hydrogen) atoms. The molecular formula is C17H16FN3O4. The molecule has 0 bridgehead atoms. The van der Waals surface area contributed by atoms with Crippen LogP contribution < -0.4 is 15.4 Å². The molecule has 0 radical (unpaired) electrons. The van der Waals surface area contributed by atoms with E-state index in [9.17, 15) is 19.1 Å². The topological polar surface area (TPSA) is 106 Å². The molecule has 8 heteroatoms. The zero-order chi connectivity index (χ0) is 18.1. The molecule has 130 valence electrons. The molecule has 2 amide bonds. The van der Waals surface area contributed by atoms with Gasteiger partial charge in [-0.15, -0.1) is 0 Å². The molecule has 1 unspecified atom stereocenters. The highest BCUT2D eigenvalue weighted by Crippen LogP contribution is 2.34. The fourth-order valence-corrected chi connectivity index (χ4v) is 2.78. The number of nitrogens with two attached hydrogens (primary N) is 1. The van der Waals surface area contributed by atoms with Crippen LogP contribution in [0.1, 0.15) is 28.5 Å². The second-order valence-corrected chi connectivity index (χ2v) is 5.80. The summed E-state index contributed by atoms with van der Waals surface area (Å²) >= 11 is 0. The molecule has 0 fully saturated rings. The lowest BCUT2D eigenvalue weighted by molar-refractivity contribution is 0.0993. The van der Waals surface area contributed by atoms with Gasteiger partial charge in [-0.05, 0) is 42.7 Å². The number of carboxylic acid groups (broad SMARTS) is 1. The number of pyridine rings is 1. The fourth-order valence-electron chi connectivity index (χ4n) is 2.78. The quantitative estimate of drug-likeness (QED) is 0.887. The standard InChI is InChI=1S/C17H16FN3O4/c1-9-8-25-16-13(21(9)17(23)24)7-11(14(20-16)15(19)22)6-10-2-4-12(18)5-3-10/h2-5,7,9H,6,8H2,1H3,(H2,19,22)(H,23,24). The number of rotatable bonds is 3. The van der Waals surface area contributed by atoms with E-state index in [0.29, 0.717) is 5.56 Å². The molecule has 0 aliphatic carbocycles. The van der Waals surface area contributed by atoms with Gasteiger partial charge in [0.15, 0.2) is 0 Å². The van der Waals surface area contributed by atoms with Gasteiger partial charge in [-0.2, -0.15) is 0 Å². The number of fused-ring (bicyclic) bond motifs is 1. The molecule has 1 atom stereocenters. The first-order valence-corrected chi connectivity index (χ1v) is 7.60. The van der Waals surface area contributed by atoms with Gasteiger partial charge in [0, 0.05) is 0 Å². The van der Waals surface area contributed by atoms with Gasteiger partial charge in [0.1, 0.15) is 23.8 Å². The predicted molar refractivity (Wildman–Crippen MR) is 87.4 cm³/mol. The van der Waals surface area contributed by atoms with Crippen molar-refractivity contribution >= 4 is 17.7 Å². The Labute approximate surface area is 142 Å². The molecular weight excluding hydrogens is 329 g/mol. The number of carbonyl (C=O) groups excluding carboxylic acids is 1. The van der Waals surface area contributed by atoms with Crippen LogP contribution >= 0.6 is 0 Å². The van der Waals surface area contributed by atoms with Gasteiger partial charge in [-0.1, -0.05) is 12.1 Å². The van der Waals surface area contributed by atoms with E-state index in [-0.39, 0.29) is 36.1 Å². The molecule has 3 rings (SSSR count). The second-order valence-electron chi connectivity index (χ2n) is 5.80. The van der Waals surface area contributed by atoms with Crippen LogP contribution in [0.2, 0.25) is 0 Å². The molecule has 7 nitrogen and oxygen atoms in total. The van der Waals surface area contributed by atoms with Gasteiger partial charge in [-0.3, -0.25) is 9.69 Å². The first kappa shape index (κ1) is 16.7. The van der Waals surface area contributed by atoms with E-state index in [1.165, 1.54) is 18.2 Å². The Morgan fingerprint density at radius 1 is 1.40 bits per heavy atom. The third-order valence-corrected chi connectivity index (χ3v) is 3.96. The van der Waals surface area contributed by atoms with Gasteiger partial charge in [-0.25, -0.2) is 14.2 Å². The van der Waals surface area contributed by atoms with Gasteiger partial charge in [0.25, 0.3) is 5.91 Å². The Hall–Kier alpha value is -3.16. The van der Waals surface area contributed by atoms with Crippen molar-refractivity contribution in [2.24, 2.45) is 5.73 Å². The molecule has 1 aliphatic rings. The number of hydrogen-bond donors (Lipinski definition) is 2. The maximum Gasteiger partial charge on any atom is 0.412 e. The summed E-state index contributed by atoms with van der Waals surface area (Å²) in [5, 5.41) is 9.45. The lowest BCUT2D eigenvalue weighted by atomic mass is 10.0. The normalized spacial score (nSPS) is 16.1. The molecule has 0 spiro atoms. The Morgan fingerprint density at radius 2 is 2.08 bits per heavy atom. The van der Waals surface area contributed by atoms with E-state index >= 15 is 0 Å². The first-order valence-electron chi connectivity index (χ1n) is 7.60. The Kier molecular flexibility index (Phi) is 4.26. The van der Waals surface area contributed by atoms with E-state index in [0.717, 1.165) is 10.5 Å². The van der Waals surface area contributed by atoms with Crippen LogP contribution in [0.25, 0.3) is 0 Å². The van der Waals surface area contributed by atoms with Crippen molar-refractivity contribution in [2.75, 3.05) is 11.5 Å². The van der Waals surface area contributed by atoms with E-state index < -0.39 is 18.0 Å². The van der Waals surface area contributed by atoms with E-state index in [1.54, 1.807) is 19.1 Å². The van der Waals surface area contributed by atoms with Crippen LogP contribution in [0.15, 0.2) is 30.3 Å². The SMILES string of the molecule is CC1COc2nc(C(N)=O)c(Cc3ccc(F)cc3)cc2N1C(=O)O. The average Bonchev–Trinajstić information content (AvgIpc) is 2.55. The molecule has 2 heterocycles. The number of hydrogen-bond acceptors (Lipinski definition) is 4. The highest BCUT2D eigenvalue weighted by molar-refractivity contribution is 5.95. The number of primary amides is 1. The Bertz CT molecular complexity index is 839. The third-order valence-electron chi connectivity index (χ3n) is 3.96. The van der Waals surface area contributed by atoms with E-state index in [2.05, 4.69) is 4.98 Å². The van der Waals surface area contributed by atoms with Gasteiger partial charge < -0.3 is 15.6 Å². The Morgan fingerprint density at radius 3 is 2.68 bits per heavy atom. The number of nitrogens with zero attached hydrogens (tertiary/aromatic N) is 2. The van der Waals surface area contributed by atoms with Crippen molar-refractivity contribution in [1.82, 2.24) is 4.98 Å². The number of aromatic nitrogens is 1. The summed E-state index contributed by atoms with van der Waals surface area (Å²) in [6.07, 6.45) is -0.890. The first-order chi connectivity index (χ1) is 11.9. The van der Waals surface area contributed by atoms with Gasteiger partial charge in [0.2, 0.25) is 5.88 Å². The molecule has 2 aromatic rings. The number of anilines is 1. The molecule has 1 aromatic heterocycles. The molecule has 0 saturated heterocycles. The number of carbonyl (C=O) groups is 2. The van der Waals surface area contributed by atoms with Crippen LogP contribution in [0, 0.1) is 5.82 Å². The molecule has 0 saturated carbocycles. The minimum atomic E-state index is -1.14. The largest absolute Gasteiger partial charge is 0.474 e. The van der Waals surface area contributed by atoms with Crippen LogP contribution in [-0.4, -0.2) is 34.7 Å². The lowest BCUT2D eigenvalue weighted by Crippen LogP contribution is -2.44. The highest BCUT2D eigenvalue weighted by Gasteiger charge is 2.32. The highest BCUT2D eigenvalue weighted by atomic mass is 19.1. The predicted octanol–water partition coefficient (Wildman–Crippen LogP) is 2.18. The van der Waals surface area contributed by atoms with Gasteiger partial charge in [0.05, 0.1) is 6.04 Å². The summed E-state index contributed by atoms with van der Waals surface area (Å²) in [5.74, 6) is -1.07. The van der Waals surface area contributed by atoms with Crippen LogP contribution in [0.5, 0.6) is 5.88 Å². The van der Waals surface area contributed by atoms with Crippen molar-refractivity contribution in [2.45, 2.75) is 19.4 Å². The zero-order valence-corrected chi connectivity index (χ0v) is 13.4. The smallest absolute Gasteiger partial charge is 0.412 e. The van der Waals surface area contributed by atoms with Crippen LogP contribution in [-0.2, 0) is 6.42 Å². The zero-order valence-electron chi connectivity index (χ0n) is 13.4. The molecule has 1 aliphatic heterocycles. The summed E-state index contributed by atoms with van der Waals surface area (Å²) in [7, 11) is 0. The van der Waals surface area contributed by atoms with Gasteiger partial charge >= 0.3 is 6.09 Å². The summed E-state index contributed by atoms with van der Waals surface area (Å²) in [4.78, 5) is 28.6. The van der Waals surface area contributed by atoms with Crippen LogP contribution in [0.4, 0.5) is 14.9 Å². The third kappa shape index (κ3) is 3.23. The molecule has 1 aromatic carbocycles. The van der Waals surface area contributed by atoms with Crippen molar-refractivity contribution in [3.63, 3.8) is 0 Å². The number of halogens is 1. The van der Waals surface area contributed by atoms with Crippen molar-refractivity contribution in [3.05, 3.63) is 53.0 Å². The minimum Gasteiger partial charge on any atom is -0.474 e. The molecule has 3 N–H and O–H groups in total. The summed E-state index contributed by atoms with van der Waals surface area (Å²) in [6, 6.07) is 6.90. The maximum atomic E-state index is 13.1. The summed E-state index contributed by atoms with van der Waals surface area (Å²) in [5.41, 5.74) is 6.84. The van der Waals surface area contributed by atoms with E-state index in [4.69, 9.17) is 10.5 Å².